The maximum absolute atomic E-state index is 5.98. The Hall–Kier alpha value is -1.36. The van der Waals surface area contributed by atoms with E-state index in [2.05, 4.69) is 27.2 Å². The number of benzene rings is 1. The summed E-state index contributed by atoms with van der Waals surface area (Å²) in [5, 5.41) is 3.86. The standard InChI is InChI=1S/C17H14ClN4.Y/c1-2-12-6-13(9-19-8-12)16-10-20-11-17(22-16)21-15-5-3-4-14(18)7-15;/h3-11H,1-2H2,(H,21,22);/q-1;. The Labute approximate surface area is 165 Å². The monoisotopic (exact) mass is 398 g/mol. The zero-order chi connectivity index (χ0) is 15.4. The molecule has 23 heavy (non-hydrogen) atoms. The van der Waals surface area contributed by atoms with Crippen LogP contribution in [0.4, 0.5) is 11.5 Å². The van der Waals surface area contributed by atoms with Crippen molar-refractivity contribution in [2.45, 2.75) is 6.42 Å². The van der Waals surface area contributed by atoms with E-state index in [0.29, 0.717) is 17.3 Å². The van der Waals surface area contributed by atoms with Gasteiger partial charge in [-0.1, -0.05) is 23.2 Å². The van der Waals surface area contributed by atoms with Crippen molar-refractivity contribution in [2.75, 3.05) is 5.32 Å². The molecule has 3 aromatic rings. The quantitative estimate of drug-likeness (QED) is 0.665. The van der Waals surface area contributed by atoms with Gasteiger partial charge in [-0.05, 0) is 24.3 Å². The van der Waals surface area contributed by atoms with Crippen LogP contribution >= 0.6 is 11.6 Å². The van der Waals surface area contributed by atoms with Crippen LogP contribution < -0.4 is 5.32 Å². The van der Waals surface area contributed by atoms with E-state index >= 15 is 0 Å². The number of nitrogens with zero attached hydrogens (tertiary/aromatic N) is 3. The first-order valence-corrected chi connectivity index (χ1v) is 7.20. The Morgan fingerprint density at radius 2 is 1.87 bits per heavy atom. The second-order valence-electron chi connectivity index (χ2n) is 4.76. The van der Waals surface area contributed by atoms with Gasteiger partial charge in [-0.2, -0.15) is 6.42 Å². The maximum atomic E-state index is 5.98. The Morgan fingerprint density at radius 1 is 1.04 bits per heavy atom. The number of pyridine rings is 1. The van der Waals surface area contributed by atoms with Gasteiger partial charge in [-0.25, -0.2) is 4.98 Å². The Morgan fingerprint density at radius 3 is 2.65 bits per heavy atom. The molecule has 4 nitrogen and oxygen atoms in total. The summed E-state index contributed by atoms with van der Waals surface area (Å²) in [6, 6.07) is 9.48. The summed E-state index contributed by atoms with van der Waals surface area (Å²) in [7, 11) is 0. The first-order chi connectivity index (χ1) is 10.7. The molecule has 1 N–H and O–H groups in total. The van der Waals surface area contributed by atoms with Gasteiger partial charge in [0.15, 0.2) is 0 Å². The van der Waals surface area contributed by atoms with Crippen LogP contribution in [0.25, 0.3) is 11.3 Å². The minimum absolute atomic E-state index is 0. The van der Waals surface area contributed by atoms with E-state index in [0.717, 1.165) is 22.5 Å². The molecule has 0 aliphatic carbocycles. The molecule has 2 aromatic heterocycles. The van der Waals surface area contributed by atoms with Crippen LogP contribution in [0.1, 0.15) is 5.56 Å². The van der Waals surface area contributed by atoms with E-state index in [1.54, 1.807) is 24.8 Å². The Bertz CT molecular complexity index is 795. The molecule has 0 saturated heterocycles. The van der Waals surface area contributed by atoms with Crippen LogP contribution in [-0.2, 0) is 39.1 Å². The SMILES string of the molecule is [CH2-]Cc1cncc(-c2cncc(Nc3cccc(Cl)c3)n2)c1.[Y]. The number of hydrogen-bond donors (Lipinski definition) is 1. The molecule has 0 bridgehead atoms. The number of anilines is 2. The summed E-state index contributed by atoms with van der Waals surface area (Å²) < 4.78 is 0. The van der Waals surface area contributed by atoms with Crippen LogP contribution in [-0.4, -0.2) is 15.0 Å². The average molecular weight is 399 g/mol. The van der Waals surface area contributed by atoms with Crippen LogP contribution in [0.3, 0.4) is 0 Å². The molecule has 0 unspecified atom stereocenters. The second-order valence-corrected chi connectivity index (χ2v) is 5.19. The van der Waals surface area contributed by atoms with Crippen LogP contribution in [0.5, 0.6) is 0 Å². The van der Waals surface area contributed by atoms with Gasteiger partial charge in [-0.3, -0.25) is 9.97 Å². The summed E-state index contributed by atoms with van der Waals surface area (Å²) in [6.07, 6.45) is 7.65. The van der Waals surface area contributed by atoms with Crippen molar-refractivity contribution in [3.63, 3.8) is 0 Å². The molecule has 1 aromatic carbocycles. The minimum Gasteiger partial charge on any atom is -0.339 e. The van der Waals surface area contributed by atoms with E-state index in [1.165, 1.54) is 0 Å². The predicted octanol–water partition coefficient (Wildman–Crippen LogP) is 4.31. The molecular formula is C17H14ClN4Y-. The van der Waals surface area contributed by atoms with Gasteiger partial charge in [0.25, 0.3) is 0 Å². The first-order valence-electron chi connectivity index (χ1n) is 6.83. The van der Waals surface area contributed by atoms with E-state index < -0.39 is 0 Å². The van der Waals surface area contributed by atoms with E-state index in [-0.39, 0.29) is 32.7 Å². The van der Waals surface area contributed by atoms with Crippen molar-refractivity contribution in [3.05, 3.63) is 72.6 Å². The number of halogens is 1. The van der Waals surface area contributed by atoms with Crippen LogP contribution in [0.15, 0.2) is 55.1 Å². The van der Waals surface area contributed by atoms with Gasteiger partial charge in [0.1, 0.15) is 5.82 Å². The molecule has 3 rings (SSSR count). The second kappa shape index (κ2) is 8.48. The summed E-state index contributed by atoms with van der Waals surface area (Å²) in [6.45, 7) is 3.87. The summed E-state index contributed by atoms with van der Waals surface area (Å²) in [5.74, 6) is 0.653. The van der Waals surface area contributed by atoms with Gasteiger partial charge in [-0.15, -0.1) is 0 Å². The zero-order valence-electron chi connectivity index (χ0n) is 12.4. The van der Waals surface area contributed by atoms with Gasteiger partial charge in [0.2, 0.25) is 0 Å². The van der Waals surface area contributed by atoms with Crippen molar-refractivity contribution in [1.82, 2.24) is 15.0 Å². The molecule has 113 valence electrons. The van der Waals surface area contributed by atoms with Gasteiger partial charge in [0, 0.05) is 61.4 Å². The number of hydrogen-bond acceptors (Lipinski definition) is 4. The fraction of sp³-hybridized carbons (Fsp3) is 0.0588. The molecule has 0 aliphatic rings. The van der Waals surface area contributed by atoms with Gasteiger partial charge >= 0.3 is 0 Å². The summed E-state index contributed by atoms with van der Waals surface area (Å²) in [5.41, 5.74) is 3.61. The average Bonchev–Trinajstić information content (AvgIpc) is 2.55. The molecule has 0 amide bonds. The largest absolute Gasteiger partial charge is 0.339 e. The summed E-state index contributed by atoms with van der Waals surface area (Å²) in [4.78, 5) is 13.0. The smallest absolute Gasteiger partial charge is 0.149 e. The molecule has 2 heterocycles. The van der Waals surface area contributed by atoms with Crippen LogP contribution in [0, 0.1) is 6.92 Å². The van der Waals surface area contributed by atoms with Crippen LogP contribution in [0.2, 0.25) is 5.02 Å². The number of nitrogens with one attached hydrogen (secondary N) is 1. The normalized spacial score (nSPS) is 10.0. The molecule has 0 spiro atoms. The predicted molar refractivity (Wildman–Crippen MR) is 89.1 cm³/mol. The molecular weight excluding hydrogens is 385 g/mol. The molecule has 0 aliphatic heterocycles. The van der Waals surface area contributed by atoms with Crippen molar-refractivity contribution < 1.29 is 32.7 Å². The third-order valence-corrected chi connectivity index (χ3v) is 3.35. The van der Waals surface area contributed by atoms with E-state index in [9.17, 15) is 0 Å². The topological polar surface area (TPSA) is 50.7 Å². The van der Waals surface area contributed by atoms with Crippen molar-refractivity contribution in [1.29, 1.82) is 0 Å². The molecule has 6 heteroatoms. The van der Waals surface area contributed by atoms with Gasteiger partial charge in [0.05, 0.1) is 18.1 Å². The van der Waals surface area contributed by atoms with E-state index in [4.69, 9.17) is 11.6 Å². The van der Waals surface area contributed by atoms with E-state index in [1.807, 2.05) is 30.3 Å². The third-order valence-electron chi connectivity index (χ3n) is 3.11. The summed E-state index contributed by atoms with van der Waals surface area (Å²) >= 11 is 5.98. The van der Waals surface area contributed by atoms with Gasteiger partial charge < -0.3 is 12.2 Å². The fourth-order valence-electron chi connectivity index (χ4n) is 2.04. The maximum Gasteiger partial charge on any atom is 0.149 e. The minimum atomic E-state index is 0. The number of aromatic nitrogens is 3. The Kier molecular flexibility index (Phi) is 6.64. The van der Waals surface area contributed by atoms with Crippen molar-refractivity contribution in [3.8, 4) is 11.3 Å². The zero-order valence-corrected chi connectivity index (χ0v) is 16.0. The molecule has 0 fully saturated rings. The molecule has 0 atom stereocenters. The third kappa shape index (κ3) is 4.81. The number of rotatable bonds is 4. The molecule has 1 radical (unpaired) electrons. The Balaban J connectivity index is 0.00000192. The fourth-order valence-corrected chi connectivity index (χ4v) is 2.23. The molecule has 0 saturated carbocycles. The van der Waals surface area contributed by atoms with Crippen molar-refractivity contribution in [2.24, 2.45) is 0 Å². The van der Waals surface area contributed by atoms with Crippen molar-refractivity contribution >= 4 is 23.1 Å². The first kappa shape index (κ1) is 18.0.